The Labute approximate surface area is 119 Å². The summed E-state index contributed by atoms with van der Waals surface area (Å²) in [5.41, 5.74) is -0.680. The Morgan fingerprint density at radius 3 is 2.15 bits per heavy atom. The molecule has 0 radical (unpaired) electrons. The summed E-state index contributed by atoms with van der Waals surface area (Å²) in [6.45, 7) is 8.70. The molecule has 6 heteroatoms. The molecular formula is C14H25NO5. The SMILES string of the molecule is CC(C)C(=O)CCCC(NC(=O)OC(C)(C)C)C(=O)O. The number of aliphatic carboxylic acids is 1. The minimum absolute atomic E-state index is 0.0582. The number of nitrogens with one attached hydrogen (secondary N) is 1. The van der Waals surface area contributed by atoms with E-state index in [-0.39, 0.29) is 18.1 Å². The Bertz CT molecular complexity index is 357. The van der Waals surface area contributed by atoms with Gasteiger partial charge in [0, 0.05) is 12.3 Å². The minimum Gasteiger partial charge on any atom is -0.480 e. The molecule has 2 N–H and O–H groups in total. The fourth-order valence-corrected chi connectivity index (χ4v) is 1.48. The molecule has 1 amide bonds. The Hall–Kier alpha value is -1.59. The third-order valence-corrected chi connectivity index (χ3v) is 2.55. The summed E-state index contributed by atoms with van der Waals surface area (Å²) in [5.74, 6) is -1.10. The molecule has 0 aliphatic rings. The van der Waals surface area contributed by atoms with Gasteiger partial charge in [-0.1, -0.05) is 13.8 Å². The summed E-state index contributed by atoms with van der Waals surface area (Å²) in [5, 5.41) is 11.3. The second kappa shape index (κ2) is 7.87. The zero-order valence-corrected chi connectivity index (χ0v) is 12.9. The van der Waals surface area contributed by atoms with Crippen molar-refractivity contribution in [3.63, 3.8) is 0 Å². The van der Waals surface area contributed by atoms with Crippen molar-refractivity contribution < 1.29 is 24.2 Å². The lowest BCUT2D eigenvalue weighted by Gasteiger charge is -2.22. The number of hydrogen-bond donors (Lipinski definition) is 2. The topological polar surface area (TPSA) is 92.7 Å². The first-order valence-corrected chi connectivity index (χ1v) is 6.78. The standard InChI is InChI=1S/C14H25NO5/c1-9(2)11(16)8-6-7-10(12(17)18)15-13(19)20-14(3,4)5/h9-10H,6-8H2,1-5H3,(H,15,19)(H,17,18). The van der Waals surface area contributed by atoms with Crippen LogP contribution in [0.3, 0.4) is 0 Å². The number of carboxylic acids is 1. The molecule has 116 valence electrons. The molecule has 0 rings (SSSR count). The first-order chi connectivity index (χ1) is 9.03. The van der Waals surface area contributed by atoms with E-state index in [4.69, 9.17) is 9.84 Å². The summed E-state index contributed by atoms with van der Waals surface area (Å²) in [6, 6.07) is -1.04. The average molecular weight is 287 g/mol. The lowest BCUT2D eigenvalue weighted by Crippen LogP contribution is -2.43. The van der Waals surface area contributed by atoms with E-state index in [0.29, 0.717) is 12.8 Å². The van der Waals surface area contributed by atoms with Gasteiger partial charge < -0.3 is 15.2 Å². The maximum atomic E-state index is 11.5. The third-order valence-electron chi connectivity index (χ3n) is 2.55. The molecular weight excluding hydrogens is 262 g/mol. The van der Waals surface area contributed by atoms with Crippen molar-refractivity contribution in [2.75, 3.05) is 0 Å². The van der Waals surface area contributed by atoms with Crippen molar-refractivity contribution in [3.05, 3.63) is 0 Å². The Morgan fingerprint density at radius 1 is 1.20 bits per heavy atom. The van der Waals surface area contributed by atoms with E-state index in [1.54, 1.807) is 34.6 Å². The fourth-order valence-electron chi connectivity index (χ4n) is 1.48. The molecule has 0 aromatic rings. The van der Waals surface area contributed by atoms with E-state index in [0.717, 1.165) is 0 Å². The summed E-state index contributed by atoms with van der Waals surface area (Å²) in [4.78, 5) is 34.0. The molecule has 1 atom stereocenters. The molecule has 1 unspecified atom stereocenters. The van der Waals surface area contributed by atoms with Crippen LogP contribution in [0.1, 0.15) is 53.9 Å². The molecule has 6 nitrogen and oxygen atoms in total. The molecule has 0 aromatic heterocycles. The van der Waals surface area contributed by atoms with Crippen LogP contribution < -0.4 is 5.32 Å². The van der Waals surface area contributed by atoms with Gasteiger partial charge in [0.25, 0.3) is 0 Å². The number of ether oxygens (including phenoxy) is 1. The first-order valence-electron chi connectivity index (χ1n) is 6.78. The van der Waals surface area contributed by atoms with Gasteiger partial charge in [-0.2, -0.15) is 0 Å². The lowest BCUT2D eigenvalue weighted by molar-refractivity contribution is -0.139. The Morgan fingerprint density at radius 2 is 1.75 bits per heavy atom. The quantitative estimate of drug-likeness (QED) is 0.749. The second-order valence-electron chi connectivity index (χ2n) is 6.05. The highest BCUT2D eigenvalue weighted by Gasteiger charge is 2.23. The van der Waals surface area contributed by atoms with E-state index in [1.165, 1.54) is 0 Å². The molecule has 0 fully saturated rings. The van der Waals surface area contributed by atoms with Crippen LogP contribution in [0, 0.1) is 5.92 Å². The predicted molar refractivity (Wildman–Crippen MR) is 74.5 cm³/mol. The van der Waals surface area contributed by atoms with Gasteiger partial charge in [-0.05, 0) is 33.6 Å². The summed E-state index contributed by atoms with van der Waals surface area (Å²) < 4.78 is 5.00. The van der Waals surface area contributed by atoms with Crippen molar-refractivity contribution >= 4 is 17.8 Å². The van der Waals surface area contributed by atoms with Crippen molar-refractivity contribution in [3.8, 4) is 0 Å². The molecule has 20 heavy (non-hydrogen) atoms. The monoisotopic (exact) mass is 287 g/mol. The molecule has 0 aliphatic heterocycles. The van der Waals surface area contributed by atoms with Gasteiger partial charge in [0.05, 0.1) is 0 Å². The number of hydrogen-bond acceptors (Lipinski definition) is 4. The normalized spacial score (nSPS) is 12.9. The van der Waals surface area contributed by atoms with Crippen LogP contribution >= 0.6 is 0 Å². The minimum atomic E-state index is -1.13. The second-order valence-corrected chi connectivity index (χ2v) is 6.05. The van der Waals surface area contributed by atoms with E-state index in [1.807, 2.05) is 0 Å². The molecule has 0 saturated carbocycles. The van der Waals surface area contributed by atoms with Crippen LogP contribution in [0.5, 0.6) is 0 Å². The van der Waals surface area contributed by atoms with Crippen molar-refractivity contribution in [1.29, 1.82) is 0 Å². The maximum absolute atomic E-state index is 11.5. The van der Waals surface area contributed by atoms with Gasteiger partial charge >= 0.3 is 12.1 Å². The van der Waals surface area contributed by atoms with E-state index in [2.05, 4.69) is 5.32 Å². The van der Waals surface area contributed by atoms with Crippen LogP contribution in [-0.2, 0) is 14.3 Å². The Kier molecular flexibility index (Phi) is 7.24. The predicted octanol–water partition coefficient (Wildman–Crippen LogP) is 2.36. The number of carbonyl (C=O) groups is 3. The molecule has 0 saturated heterocycles. The average Bonchev–Trinajstić information content (AvgIpc) is 2.24. The summed E-state index contributed by atoms with van der Waals surface area (Å²) in [7, 11) is 0. The van der Waals surface area contributed by atoms with Crippen LogP contribution in [-0.4, -0.2) is 34.6 Å². The third kappa shape index (κ3) is 8.50. The number of ketones is 1. The lowest BCUT2D eigenvalue weighted by atomic mass is 10.0. The van der Waals surface area contributed by atoms with Gasteiger partial charge in [0.2, 0.25) is 0 Å². The van der Waals surface area contributed by atoms with Crippen LogP contribution in [0.4, 0.5) is 4.79 Å². The molecule has 0 spiro atoms. The van der Waals surface area contributed by atoms with E-state index in [9.17, 15) is 14.4 Å². The molecule has 0 aromatic carbocycles. The van der Waals surface area contributed by atoms with Crippen LogP contribution in [0.15, 0.2) is 0 Å². The number of rotatable bonds is 7. The van der Waals surface area contributed by atoms with Crippen LogP contribution in [0.25, 0.3) is 0 Å². The van der Waals surface area contributed by atoms with Crippen molar-refractivity contribution in [2.45, 2.75) is 65.5 Å². The number of carboxylic acid groups (broad SMARTS) is 1. The van der Waals surface area contributed by atoms with Gasteiger partial charge in [-0.25, -0.2) is 9.59 Å². The molecule has 0 heterocycles. The van der Waals surface area contributed by atoms with E-state index < -0.39 is 23.7 Å². The smallest absolute Gasteiger partial charge is 0.408 e. The zero-order chi connectivity index (χ0) is 15.9. The highest BCUT2D eigenvalue weighted by molar-refractivity contribution is 5.81. The highest BCUT2D eigenvalue weighted by atomic mass is 16.6. The molecule has 0 bridgehead atoms. The van der Waals surface area contributed by atoms with Gasteiger partial charge in [-0.15, -0.1) is 0 Å². The largest absolute Gasteiger partial charge is 0.480 e. The van der Waals surface area contributed by atoms with Crippen molar-refractivity contribution in [1.82, 2.24) is 5.32 Å². The summed E-state index contributed by atoms with van der Waals surface area (Å²) in [6.07, 6.45) is 0.175. The van der Waals surface area contributed by atoms with Crippen LogP contribution in [0.2, 0.25) is 0 Å². The first kappa shape index (κ1) is 18.4. The van der Waals surface area contributed by atoms with E-state index >= 15 is 0 Å². The molecule has 0 aliphatic carbocycles. The number of alkyl carbamates (subject to hydrolysis) is 1. The maximum Gasteiger partial charge on any atom is 0.408 e. The number of carbonyl (C=O) groups excluding carboxylic acids is 2. The zero-order valence-electron chi connectivity index (χ0n) is 12.9. The summed E-state index contributed by atoms with van der Waals surface area (Å²) >= 11 is 0. The highest BCUT2D eigenvalue weighted by Crippen LogP contribution is 2.09. The van der Waals surface area contributed by atoms with Gasteiger partial charge in [0.15, 0.2) is 0 Å². The van der Waals surface area contributed by atoms with Gasteiger partial charge in [-0.3, -0.25) is 4.79 Å². The Balaban J connectivity index is 4.28. The van der Waals surface area contributed by atoms with Gasteiger partial charge in [0.1, 0.15) is 17.4 Å². The van der Waals surface area contributed by atoms with Crippen molar-refractivity contribution in [2.24, 2.45) is 5.92 Å². The number of amides is 1. The fraction of sp³-hybridized carbons (Fsp3) is 0.786. The number of Topliss-reactive ketones (excluding diaryl/α,β-unsaturated/α-hetero) is 1.